The molecular formula is C21H13BrF3N2O. The van der Waals surface area contributed by atoms with E-state index in [1.807, 2.05) is 24.3 Å². The van der Waals surface area contributed by atoms with E-state index in [9.17, 15) is 18.0 Å². The van der Waals surface area contributed by atoms with Crippen LogP contribution in [0.4, 0.5) is 13.2 Å². The van der Waals surface area contributed by atoms with Crippen LogP contribution >= 0.6 is 15.9 Å². The molecule has 0 saturated carbocycles. The van der Waals surface area contributed by atoms with E-state index in [0.29, 0.717) is 28.4 Å². The van der Waals surface area contributed by atoms with Gasteiger partial charge >= 0.3 is 6.18 Å². The molecule has 0 saturated heterocycles. The van der Waals surface area contributed by atoms with Crippen molar-refractivity contribution in [1.82, 2.24) is 4.57 Å². The zero-order valence-electron chi connectivity index (χ0n) is 14.3. The highest BCUT2D eigenvalue weighted by atomic mass is 79.9. The molecule has 3 nitrogen and oxygen atoms in total. The van der Waals surface area contributed by atoms with Gasteiger partial charge < -0.3 is 10.3 Å². The zero-order chi connectivity index (χ0) is 20.1. The molecule has 0 aliphatic rings. The number of alkyl halides is 3. The molecule has 1 aromatic heterocycles. The Labute approximate surface area is 166 Å². The molecule has 2 N–H and O–H groups in total. The van der Waals surface area contributed by atoms with E-state index in [1.165, 1.54) is 0 Å². The van der Waals surface area contributed by atoms with Gasteiger partial charge in [-0.3, -0.25) is 4.79 Å². The van der Waals surface area contributed by atoms with Crippen molar-refractivity contribution in [3.8, 4) is 0 Å². The SMILES string of the molecule is NC(=O)c1cccc2c1c1[c]cc(C(F)(F)F)cc1n2Cc1cccc(Br)c1. The first-order valence-electron chi connectivity index (χ1n) is 8.34. The molecule has 0 atom stereocenters. The van der Waals surface area contributed by atoms with E-state index in [4.69, 9.17) is 5.73 Å². The van der Waals surface area contributed by atoms with Gasteiger partial charge in [0.1, 0.15) is 0 Å². The number of halogens is 4. The summed E-state index contributed by atoms with van der Waals surface area (Å²) in [5.41, 5.74) is 6.84. The van der Waals surface area contributed by atoms with Crippen molar-refractivity contribution in [2.75, 3.05) is 0 Å². The van der Waals surface area contributed by atoms with Crippen LogP contribution in [0.5, 0.6) is 0 Å². The summed E-state index contributed by atoms with van der Waals surface area (Å²) in [7, 11) is 0. The lowest BCUT2D eigenvalue weighted by molar-refractivity contribution is -0.137. The molecular weight excluding hydrogens is 433 g/mol. The van der Waals surface area contributed by atoms with E-state index >= 15 is 0 Å². The highest BCUT2D eigenvalue weighted by molar-refractivity contribution is 9.10. The minimum atomic E-state index is -4.49. The monoisotopic (exact) mass is 445 g/mol. The summed E-state index contributed by atoms with van der Waals surface area (Å²) >= 11 is 3.41. The van der Waals surface area contributed by atoms with Gasteiger partial charge in [-0.05, 0) is 48.0 Å². The van der Waals surface area contributed by atoms with Crippen molar-refractivity contribution < 1.29 is 18.0 Å². The van der Waals surface area contributed by atoms with Crippen LogP contribution in [0.2, 0.25) is 0 Å². The molecule has 1 radical (unpaired) electrons. The van der Waals surface area contributed by atoms with Crippen molar-refractivity contribution >= 4 is 43.6 Å². The normalized spacial score (nSPS) is 12.0. The van der Waals surface area contributed by atoms with Crippen LogP contribution in [0.3, 0.4) is 0 Å². The number of carbonyl (C=O) groups excluding carboxylic acids is 1. The highest BCUT2D eigenvalue weighted by Crippen LogP contribution is 2.36. The average molecular weight is 446 g/mol. The first kappa shape index (κ1) is 18.6. The number of hydrogen-bond acceptors (Lipinski definition) is 1. The molecule has 1 heterocycles. The second kappa shape index (κ2) is 6.67. The number of nitrogens with two attached hydrogens (primary N) is 1. The Hall–Kier alpha value is -2.80. The van der Waals surface area contributed by atoms with Crippen LogP contribution in [-0.2, 0) is 12.7 Å². The molecule has 4 rings (SSSR count). The largest absolute Gasteiger partial charge is 0.416 e. The molecule has 7 heteroatoms. The quantitative estimate of drug-likeness (QED) is 0.443. The van der Waals surface area contributed by atoms with Gasteiger partial charge in [0.2, 0.25) is 5.91 Å². The Kier molecular flexibility index (Phi) is 4.42. The summed E-state index contributed by atoms with van der Waals surface area (Å²) in [6, 6.07) is 17.2. The van der Waals surface area contributed by atoms with Crippen LogP contribution in [0, 0.1) is 6.07 Å². The highest BCUT2D eigenvalue weighted by Gasteiger charge is 2.31. The number of benzene rings is 3. The second-order valence-electron chi connectivity index (χ2n) is 6.43. The third-order valence-corrected chi connectivity index (χ3v) is 5.11. The number of aromatic nitrogens is 1. The van der Waals surface area contributed by atoms with Crippen LogP contribution in [-0.4, -0.2) is 10.5 Å². The Morgan fingerprint density at radius 2 is 1.86 bits per heavy atom. The smallest absolute Gasteiger partial charge is 0.366 e. The molecule has 1 amide bonds. The topological polar surface area (TPSA) is 48.0 Å². The summed E-state index contributed by atoms with van der Waals surface area (Å²) in [5, 5.41) is 0.945. The van der Waals surface area contributed by atoms with Gasteiger partial charge in [0, 0.05) is 27.4 Å². The van der Waals surface area contributed by atoms with Gasteiger partial charge in [0.05, 0.1) is 16.6 Å². The molecule has 28 heavy (non-hydrogen) atoms. The fraction of sp³-hybridized carbons (Fsp3) is 0.0952. The van der Waals surface area contributed by atoms with E-state index in [2.05, 4.69) is 22.0 Å². The van der Waals surface area contributed by atoms with Crippen molar-refractivity contribution in [3.05, 3.63) is 81.8 Å². The number of rotatable bonds is 3. The number of fused-ring (bicyclic) bond motifs is 3. The standard InChI is InChI=1S/C21H13BrF3N2O/c22-14-4-1-3-12(9-14)11-27-17-6-2-5-16(20(26)28)19(17)15-8-7-13(10-18(15)27)21(23,24)25/h1-7,9-10H,11H2,(H2,26,28). The molecule has 0 bridgehead atoms. The number of nitrogens with zero attached hydrogens (tertiary/aromatic N) is 1. The van der Waals surface area contributed by atoms with E-state index in [-0.39, 0.29) is 5.56 Å². The molecule has 0 aliphatic heterocycles. The van der Waals surface area contributed by atoms with Crippen LogP contribution < -0.4 is 5.73 Å². The second-order valence-corrected chi connectivity index (χ2v) is 7.34. The summed E-state index contributed by atoms with van der Waals surface area (Å²) in [6.45, 7) is 0.330. The van der Waals surface area contributed by atoms with Crippen LogP contribution in [0.15, 0.2) is 59.1 Å². The maximum atomic E-state index is 13.3. The molecule has 4 aromatic rings. The zero-order valence-corrected chi connectivity index (χ0v) is 15.9. The summed E-state index contributed by atoms with van der Waals surface area (Å²) in [6.07, 6.45) is -4.49. The van der Waals surface area contributed by atoms with Gasteiger partial charge in [-0.1, -0.05) is 34.1 Å². The molecule has 0 unspecified atom stereocenters. The van der Waals surface area contributed by atoms with Gasteiger partial charge in [-0.15, -0.1) is 0 Å². The van der Waals surface area contributed by atoms with Crippen molar-refractivity contribution in [3.63, 3.8) is 0 Å². The van der Waals surface area contributed by atoms with Crippen LogP contribution in [0.1, 0.15) is 21.5 Å². The molecule has 0 aliphatic carbocycles. The summed E-state index contributed by atoms with van der Waals surface area (Å²) in [4.78, 5) is 11.9. The predicted octanol–water partition coefficient (Wildman–Crippen LogP) is 5.52. The predicted molar refractivity (Wildman–Crippen MR) is 105 cm³/mol. The van der Waals surface area contributed by atoms with Gasteiger partial charge in [0.25, 0.3) is 0 Å². The average Bonchev–Trinajstić information content (AvgIpc) is 2.94. The fourth-order valence-electron chi connectivity index (χ4n) is 3.41. The lowest BCUT2D eigenvalue weighted by atomic mass is 10.0. The Bertz CT molecular complexity index is 1230. The molecule has 0 fully saturated rings. The van der Waals surface area contributed by atoms with Crippen molar-refractivity contribution in [1.29, 1.82) is 0 Å². The molecule has 0 spiro atoms. The van der Waals surface area contributed by atoms with Crippen molar-refractivity contribution in [2.45, 2.75) is 12.7 Å². The van der Waals surface area contributed by atoms with Gasteiger partial charge in [0.15, 0.2) is 0 Å². The Morgan fingerprint density at radius 3 is 2.54 bits per heavy atom. The number of hydrogen-bond donors (Lipinski definition) is 1. The van der Waals surface area contributed by atoms with Gasteiger partial charge in [-0.25, -0.2) is 0 Å². The first-order valence-corrected chi connectivity index (χ1v) is 9.13. The third kappa shape index (κ3) is 3.16. The van der Waals surface area contributed by atoms with Crippen LogP contribution in [0.25, 0.3) is 21.8 Å². The Morgan fingerprint density at radius 1 is 1.11 bits per heavy atom. The third-order valence-electron chi connectivity index (χ3n) is 4.62. The lowest BCUT2D eigenvalue weighted by Gasteiger charge is -2.10. The minimum Gasteiger partial charge on any atom is -0.366 e. The van der Waals surface area contributed by atoms with E-state index < -0.39 is 17.6 Å². The number of carbonyl (C=O) groups is 1. The fourth-order valence-corrected chi connectivity index (χ4v) is 3.86. The maximum absolute atomic E-state index is 13.3. The summed E-state index contributed by atoms with van der Waals surface area (Å²) < 4.78 is 42.5. The Balaban J connectivity index is 2.06. The lowest BCUT2D eigenvalue weighted by Crippen LogP contribution is -2.11. The summed E-state index contributed by atoms with van der Waals surface area (Å²) in [5.74, 6) is -0.639. The van der Waals surface area contributed by atoms with Gasteiger partial charge in [-0.2, -0.15) is 13.2 Å². The molecule has 141 valence electrons. The minimum absolute atomic E-state index is 0.256. The van der Waals surface area contributed by atoms with Crippen molar-refractivity contribution in [2.24, 2.45) is 5.73 Å². The van der Waals surface area contributed by atoms with E-state index in [1.54, 1.807) is 22.8 Å². The van der Waals surface area contributed by atoms with E-state index in [0.717, 1.165) is 22.2 Å². The number of primary amides is 1. The molecule has 3 aromatic carbocycles. The first-order chi connectivity index (χ1) is 13.3. The number of amides is 1. The maximum Gasteiger partial charge on any atom is 0.416 e.